The number of rotatable bonds is 6. The average Bonchev–Trinajstić information content (AvgIpc) is 2.69. The Bertz CT molecular complexity index is 685. The van der Waals surface area contributed by atoms with Crippen LogP contribution < -0.4 is 21.5 Å². The van der Waals surface area contributed by atoms with Crippen LogP contribution in [0.25, 0.3) is 0 Å². The van der Waals surface area contributed by atoms with Crippen LogP contribution in [0.15, 0.2) is 6.07 Å². The Morgan fingerprint density at radius 1 is 1.52 bits per heavy atom. The Morgan fingerprint density at radius 3 is 3.07 bits per heavy atom. The summed E-state index contributed by atoms with van der Waals surface area (Å²) in [5.41, 5.74) is 13.5. The summed E-state index contributed by atoms with van der Waals surface area (Å²) < 4.78 is 11.4. The van der Waals surface area contributed by atoms with Gasteiger partial charge < -0.3 is 31.2 Å². The number of amides is 1. The number of fused-ring (bicyclic) bond motifs is 1. The molecular weight excluding hydrogens is 368 g/mol. The van der Waals surface area contributed by atoms with Crippen molar-refractivity contribution >= 4 is 23.2 Å². The van der Waals surface area contributed by atoms with Crippen molar-refractivity contribution in [1.82, 2.24) is 10.2 Å². The van der Waals surface area contributed by atoms with E-state index in [9.17, 15) is 4.79 Å². The number of nitrogens with one attached hydrogen (secondary N) is 1. The second-order valence-corrected chi connectivity index (χ2v) is 7.57. The minimum Gasteiger partial charge on any atom is -0.492 e. The highest BCUT2D eigenvalue weighted by atomic mass is 35.5. The summed E-state index contributed by atoms with van der Waals surface area (Å²) in [6.07, 6.45) is 3.34. The van der Waals surface area contributed by atoms with Gasteiger partial charge in [0.1, 0.15) is 5.75 Å². The maximum Gasteiger partial charge on any atom is 0.255 e. The lowest BCUT2D eigenvalue weighted by molar-refractivity contribution is 0.00629. The van der Waals surface area contributed by atoms with Crippen molar-refractivity contribution in [3.63, 3.8) is 0 Å². The van der Waals surface area contributed by atoms with Gasteiger partial charge in [0.25, 0.3) is 5.91 Å². The van der Waals surface area contributed by atoms with Crippen molar-refractivity contribution in [2.45, 2.75) is 37.8 Å². The lowest BCUT2D eigenvalue weighted by Gasteiger charge is -2.38. The molecule has 7 nitrogen and oxygen atoms in total. The molecule has 8 heteroatoms. The van der Waals surface area contributed by atoms with E-state index in [0.29, 0.717) is 35.2 Å². The molecule has 0 aliphatic carbocycles. The fraction of sp³-hybridized carbons (Fsp3) is 0.632. The predicted molar refractivity (Wildman–Crippen MR) is 106 cm³/mol. The molecule has 0 aromatic heterocycles. The fourth-order valence-electron chi connectivity index (χ4n) is 3.85. The van der Waals surface area contributed by atoms with Gasteiger partial charge in [-0.05, 0) is 44.8 Å². The average molecular weight is 397 g/mol. The fourth-order valence-corrected chi connectivity index (χ4v) is 4.08. The molecule has 2 heterocycles. The van der Waals surface area contributed by atoms with E-state index in [2.05, 4.69) is 10.2 Å². The van der Waals surface area contributed by atoms with Gasteiger partial charge in [-0.25, -0.2) is 0 Å². The van der Waals surface area contributed by atoms with E-state index >= 15 is 0 Å². The molecular formula is C19H29ClN4O3. The highest BCUT2D eigenvalue weighted by molar-refractivity contribution is 6.33. The SMILES string of the molecule is CO[C@H]1CN(CCCN)CC[C@H]1NC(=O)c1cc(Cl)c(N)c2c1OCCC2. The molecule has 0 radical (unpaired) electrons. The summed E-state index contributed by atoms with van der Waals surface area (Å²) in [4.78, 5) is 15.3. The number of halogens is 1. The number of hydrogen-bond donors (Lipinski definition) is 3. The van der Waals surface area contributed by atoms with Crippen molar-refractivity contribution in [1.29, 1.82) is 0 Å². The lowest BCUT2D eigenvalue weighted by Crippen LogP contribution is -2.55. The summed E-state index contributed by atoms with van der Waals surface area (Å²) in [5, 5.41) is 3.51. The minimum absolute atomic E-state index is 0.0628. The second-order valence-electron chi connectivity index (χ2n) is 7.16. The quantitative estimate of drug-likeness (QED) is 0.628. The predicted octanol–water partition coefficient (Wildman–Crippen LogP) is 1.42. The van der Waals surface area contributed by atoms with Crippen LogP contribution in [0.3, 0.4) is 0 Å². The van der Waals surface area contributed by atoms with Crippen LogP contribution in [0, 0.1) is 0 Å². The zero-order valence-corrected chi connectivity index (χ0v) is 16.6. The third-order valence-corrected chi connectivity index (χ3v) is 5.69. The molecule has 2 atom stereocenters. The smallest absolute Gasteiger partial charge is 0.255 e. The normalized spacial score (nSPS) is 22.8. The van der Waals surface area contributed by atoms with E-state index in [0.717, 1.165) is 50.9 Å². The molecule has 0 unspecified atom stereocenters. The molecule has 1 aromatic rings. The minimum atomic E-state index is -0.197. The van der Waals surface area contributed by atoms with Gasteiger partial charge in [-0.1, -0.05) is 11.6 Å². The number of likely N-dealkylation sites (tertiary alicyclic amines) is 1. The standard InChI is InChI=1S/C19H29ClN4O3/c1-26-16-11-24(7-3-6-21)8-5-15(16)23-19(25)13-10-14(20)17(22)12-4-2-9-27-18(12)13/h10,15-16H,2-9,11,21-22H2,1H3,(H,23,25)/t15-,16+/m1/s1. The maximum absolute atomic E-state index is 13.0. The van der Waals surface area contributed by atoms with E-state index in [-0.39, 0.29) is 18.1 Å². The van der Waals surface area contributed by atoms with Crippen LogP contribution in [-0.2, 0) is 11.2 Å². The van der Waals surface area contributed by atoms with Gasteiger partial charge in [-0.15, -0.1) is 0 Å². The van der Waals surface area contributed by atoms with Crippen molar-refractivity contribution in [2.24, 2.45) is 5.73 Å². The molecule has 150 valence electrons. The first-order valence-corrected chi connectivity index (χ1v) is 9.92. The third kappa shape index (κ3) is 4.48. The van der Waals surface area contributed by atoms with Gasteiger partial charge in [0.05, 0.1) is 35.0 Å². The van der Waals surface area contributed by atoms with Crippen LogP contribution >= 0.6 is 11.6 Å². The molecule has 2 aliphatic rings. The van der Waals surface area contributed by atoms with Crippen LogP contribution in [0.2, 0.25) is 5.02 Å². The first-order valence-electron chi connectivity index (χ1n) is 9.54. The number of methoxy groups -OCH3 is 1. The molecule has 0 spiro atoms. The second kappa shape index (κ2) is 9.10. The van der Waals surface area contributed by atoms with E-state index in [1.807, 2.05) is 0 Å². The highest BCUT2D eigenvalue weighted by Gasteiger charge is 2.32. The van der Waals surface area contributed by atoms with Crippen molar-refractivity contribution in [3.8, 4) is 5.75 Å². The van der Waals surface area contributed by atoms with Crippen LogP contribution in [0.5, 0.6) is 5.75 Å². The van der Waals surface area contributed by atoms with Gasteiger partial charge in [0.2, 0.25) is 0 Å². The monoisotopic (exact) mass is 396 g/mol. The van der Waals surface area contributed by atoms with Crippen molar-refractivity contribution < 1.29 is 14.3 Å². The number of nitrogens with zero attached hydrogens (tertiary/aromatic N) is 1. The number of anilines is 1. The maximum atomic E-state index is 13.0. The number of nitrogens with two attached hydrogens (primary N) is 2. The number of carbonyl (C=O) groups is 1. The molecule has 0 saturated carbocycles. The largest absolute Gasteiger partial charge is 0.492 e. The molecule has 5 N–H and O–H groups in total. The van der Waals surface area contributed by atoms with E-state index in [4.69, 9.17) is 32.5 Å². The summed E-state index contributed by atoms with van der Waals surface area (Å²) in [5.74, 6) is 0.368. The number of ether oxygens (including phenoxy) is 2. The number of benzene rings is 1. The van der Waals surface area contributed by atoms with E-state index in [1.54, 1.807) is 13.2 Å². The van der Waals surface area contributed by atoms with Crippen molar-refractivity contribution in [2.75, 3.05) is 45.6 Å². The molecule has 1 amide bonds. The van der Waals surface area contributed by atoms with Gasteiger partial charge >= 0.3 is 0 Å². The molecule has 0 bridgehead atoms. The molecule has 27 heavy (non-hydrogen) atoms. The number of nitrogen functional groups attached to an aromatic ring is 1. The topological polar surface area (TPSA) is 103 Å². The highest BCUT2D eigenvalue weighted by Crippen LogP contribution is 2.38. The number of piperidine rings is 1. The Labute approximate surface area is 165 Å². The first kappa shape index (κ1) is 20.2. The Balaban J connectivity index is 1.73. The zero-order valence-electron chi connectivity index (χ0n) is 15.8. The summed E-state index contributed by atoms with van der Waals surface area (Å²) in [6.45, 7) is 3.89. The van der Waals surface area contributed by atoms with Crippen molar-refractivity contribution in [3.05, 3.63) is 22.2 Å². The first-order chi connectivity index (χ1) is 13.0. The summed E-state index contributed by atoms with van der Waals surface area (Å²) in [7, 11) is 1.68. The van der Waals surface area contributed by atoms with Crippen LogP contribution in [-0.4, -0.2) is 62.8 Å². The number of carbonyl (C=O) groups excluding carboxylic acids is 1. The van der Waals surface area contributed by atoms with Crippen LogP contribution in [0.4, 0.5) is 5.69 Å². The van der Waals surface area contributed by atoms with Gasteiger partial charge in [0.15, 0.2) is 0 Å². The summed E-state index contributed by atoms with van der Waals surface area (Å²) >= 11 is 6.26. The lowest BCUT2D eigenvalue weighted by atomic mass is 9.98. The molecule has 1 aromatic carbocycles. The number of hydrogen-bond acceptors (Lipinski definition) is 6. The Hall–Kier alpha value is -1.54. The van der Waals surface area contributed by atoms with Gasteiger partial charge in [-0.3, -0.25) is 4.79 Å². The molecule has 1 fully saturated rings. The van der Waals surface area contributed by atoms with Gasteiger partial charge in [-0.2, -0.15) is 0 Å². The summed E-state index contributed by atoms with van der Waals surface area (Å²) in [6, 6.07) is 1.54. The molecule has 1 saturated heterocycles. The van der Waals surface area contributed by atoms with E-state index < -0.39 is 0 Å². The zero-order chi connectivity index (χ0) is 19.4. The Kier molecular flexibility index (Phi) is 6.81. The van der Waals surface area contributed by atoms with E-state index in [1.165, 1.54) is 0 Å². The molecule has 2 aliphatic heterocycles. The van der Waals surface area contributed by atoms with Crippen LogP contribution in [0.1, 0.15) is 35.2 Å². The third-order valence-electron chi connectivity index (χ3n) is 5.38. The molecule has 3 rings (SSSR count). The Morgan fingerprint density at radius 2 is 2.33 bits per heavy atom. The van der Waals surface area contributed by atoms with Gasteiger partial charge in [0, 0.05) is 25.8 Å².